The number of hydrogen-bond donors (Lipinski definition) is 1. The van der Waals surface area contributed by atoms with Gasteiger partial charge < -0.3 is 10.6 Å². The van der Waals surface area contributed by atoms with Gasteiger partial charge in [0.05, 0.1) is 6.42 Å². The zero-order chi connectivity index (χ0) is 14.5. The van der Waals surface area contributed by atoms with E-state index < -0.39 is 0 Å². The molecule has 0 atom stereocenters. The van der Waals surface area contributed by atoms with Gasteiger partial charge in [0.2, 0.25) is 5.91 Å². The summed E-state index contributed by atoms with van der Waals surface area (Å²) in [7, 11) is 1.83. The largest absolute Gasteiger partial charge is 0.399 e. The Kier molecular flexibility index (Phi) is 4.41. The fourth-order valence-electron chi connectivity index (χ4n) is 2.07. The Labute approximate surface area is 120 Å². The zero-order valence-corrected chi connectivity index (χ0v) is 12.0. The number of likely N-dealkylation sites (N-methyl/N-ethyl adjacent to an activating group) is 1. The molecule has 0 heterocycles. The number of rotatable bonds is 4. The molecule has 0 aliphatic rings. The number of anilines is 1. The lowest BCUT2D eigenvalue weighted by molar-refractivity contribution is -0.129. The molecule has 0 aromatic heterocycles. The summed E-state index contributed by atoms with van der Waals surface area (Å²) in [6, 6.07) is 15.7. The summed E-state index contributed by atoms with van der Waals surface area (Å²) in [5.41, 5.74) is 9.73. The van der Waals surface area contributed by atoms with Gasteiger partial charge in [-0.15, -0.1) is 0 Å². The van der Waals surface area contributed by atoms with Crippen molar-refractivity contribution in [2.24, 2.45) is 0 Å². The quantitative estimate of drug-likeness (QED) is 0.867. The van der Waals surface area contributed by atoms with Gasteiger partial charge in [0.1, 0.15) is 0 Å². The fourth-order valence-corrected chi connectivity index (χ4v) is 2.07. The van der Waals surface area contributed by atoms with Gasteiger partial charge in [-0.25, -0.2) is 0 Å². The third-order valence-electron chi connectivity index (χ3n) is 3.27. The number of nitrogens with zero attached hydrogens (tertiary/aromatic N) is 1. The van der Waals surface area contributed by atoms with E-state index in [2.05, 4.69) is 31.2 Å². The monoisotopic (exact) mass is 268 g/mol. The van der Waals surface area contributed by atoms with Crippen LogP contribution < -0.4 is 5.73 Å². The van der Waals surface area contributed by atoms with Crippen molar-refractivity contribution in [1.29, 1.82) is 0 Å². The normalized spacial score (nSPS) is 10.3. The molecule has 104 valence electrons. The average Bonchev–Trinajstić information content (AvgIpc) is 2.41. The van der Waals surface area contributed by atoms with Gasteiger partial charge in [-0.2, -0.15) is 0 Å². The first-order valence-electron chi connectivity index (χ1n) is 6.68. The number of benzene rings is 2. The highest BCUT2D eigenvalue weighted by atomic mass is 16.2. The molecule has 0 radical (unpaired) electrons. The maximum atomic E-state index is 12.2. The molecule has 0 aliphatic heterocycles. The average molecular weight is 268 g/mol. The SMILES string of the molecule is Cc1ccc(CN(C)C(=O)Cc2cccc(N)c2)cc1. The predicted molar refractivity (Wildman–Crippen MR) is 82.2 cm³/mol. The molecular weight excluding hydrogens is 248 g/mol. The summed E-state index contributed by atoms with van der Waals surface area (Å²) in [5.74, 6) is 0.0937. The molecule has 0 saturated carbocycles. The van der Waals surface area contributed by atoms with Crippen molar-refractivity contribution in [3.63, 3.8) is 0 Å². The highest BCUT2D eigenvalue weighted by Gasteiger charge is 2.10. The van der Waals surface area contributed by atoms with Crippen LogP contribution >= 0.6 is 0 Å². The third-order valence-corrected chi connectivity index (χ3v) is 3.27. The molecule has 2 aromatic rings. The molecule has 2 N–H and O–H groups in total. The molecule has 3 nitrogen and oxygen atoms in total. The molecule has 1 amide bonds. The number of amides is 1. The van der Waals surface area contributed by atoms with E-state index in [1.807, 2.05) is 31.3 Å². The molecule has 0 spiro atoms. The van der Waals surface area contributed by atoms with Gasteiger partial charge in [0, 0.05) is 19.3 Å². The van der Waals surface area contributed by atoms with Crippen LogP contribution in [0.1, 0.15) is 16.7 Å². The fraction of sp³-hybridized carbons (Fsp3) is 0.235. The summed E-state index contributed by atoms with van der Waals surface area (Å²) in [4.78, 5) is 13.9. The number of carbonyl (C=O) groups is 1. The van der Waals surface area contributed by atoms with E-state index in [1.54, 1.807) is 4.90 Å². The molecule has 0 bridgehead atoms. The molecule has 2 aromatic carbocycles. The van der Waals surface area contributed by atoms with Crippen LogP contribution in [0.15, 0.2) is 48.5 Å². The molecular formula is C17H20N2O. The summed E-state index contributed by atoms with van der Waals surface area (Å²) in [6.45, 7) is 2.68. The summed E-state index contributed by atoms with van der Waals surface area (Å²) in [5, 5.41) is 0. The Hall–Kier alpha value is -2.29. The Balaban J connectivity index is 1.96. The van der Waals surface area contributed by atoms with Crippen molar-refractivity contribution in [2.75, 3.05) is 12.8 Å². The predicted octanol–water partition coefficient (Wildman–Crippen LogP) is 2.78. The number of nitrogens with two attached hydrogens (primary N) is 1. The molecule has 0 aliphatic carbocycles. The van der Waals surface area contributed by atoms with Crippen molar-refractivity contribution in [2.45, 2.75) is 19.9 Å². The van der Waals surface area contributed by atoms with Gasteiger partial charge in [0.15, 0.2) is 0 Å². The van der Waals surface area contributed by atoms with Crippen LogP contribution in [0.3, 0.4) is 0 Å². The zero-order valence-electron chi connectivity index (χ0n) is 12.0. The van der Waals surface area contributed by atoms with Crippen LogP contribution in [0, 0.1) is 6.92 Å². The van der Waals surface area contributed by atoms with Gasteiger partial charge in [-0.1, -0.05) is 42.0 Å². The maximum Gasteiger partial charge on any atom is 0.227 e. The number of hydrogen-bond acceptors (Lipinski definition) is 2. The van der Waals surface area contributed by atoms with Gasteiger partial charge >= 0.3 is 0 Å². The Morgan fingerprint density at radius 3 is 2.45 bits per heavy atom. The van der Waals surface area contributed by atoms with E-state index in [0.717, 1.165) is 11.1 Å². The van der Waals surface area contributed by atoms with Gasteiger partial charge in [-0.3, -0.25) is 4.79 Å². The van der Waals surface area contributed by atoms with Crippen molar-refractivity contribution in [3.05, 3.63) is 65.2 Å². The number of nitrogen functional groups attached to an aromatic ring is 1. The van der Waals surface area contributed by atoms with Gasteiger partial charge in [-0.05, 0) is 30.2 Å². The molecule has 20 heavy (non-hydrogen) atoms. The van der Waals surface area contributed by atoms with Crippen LogP contribution in [0.25, 0.3) is 0 Å². The molecule has 0 unspecified atom stereocenters. The van der Waals surface area contributed by atoms with Crippen LogP contribution in [-0.4, -0.2) is 17.9 Å². The van der Waals surface area contributed by atoms with E-state index in [9.17, 15) is 4.79 Å². The van der Waals surface area contributed by atoms with Crippen LogP contribution in [0.4, 0.5) is 5.69 Å². The Morgan fingerprint density at radius 2 is 1.80 bits per heavy atom. The second-order valence-electron chi connectivity index (χ2n) is 5.16. The smallest absolute Gasteiger partial charge is 0.227 e. The van der Waals surface area contributed by atoms with Crippen molar-refractivity contribution >= 4 is 11.6 Å². The lowest BCUT2D eigenvalue weighted by atomic mass is 10.1. The van der Waals surface area contributed by atoms with E-state index >= 15 is 0 Å². The van der Waals surface area contributed by atoms with E-state index in [4.69, 9.17) is 5.73 Å². The maximum absolute atomic E-state index is 12.2. The first-order chi connectivity index (χ1) is 9.54. The van der Waals surface area contributed by atoms with E-state index in [0.29, 0.717) is 18.7 Å². The van der Waals surface area contributed by atoms with Crippen LogP contribution in [0.2, 0.25) is 0 Å². The molecule has 0 fully saturated rings. The number of aryl methyl sites for hydroxylation is 1. The molecule has 0 saturated heterocycles. The summed E-state index contributed by atoms with van der Waals surface area (Å²) in [6.07, 6.45) is 0.382. The summed E-state index contributed by atoms with van der Waals surface area (Å²) >= 11 is 0. The summed E-state index contributed by atoms with van der Waals surface area (Å²) < 4.78 is 0. The number of carbonyl (C=O) groups excluding carboxylic acids is 1. The van der Waals surface area contributed by atoms with Crippen molar-refractivity contribution in [3.8, 4) is 0 Å². The second-order valence-corrected chi connectivity index (χ2v) is 5.16. The minimum Gasteiger partial charge on any atom is -0.399 e. The van der Waals surface area contributed by atoms with E-state index in [1.165, 1.54) is 5.56 Å². The first-order valence-corrected chi connectivity index (χ1v) is 6.68. The van der Waals surface area contributed by atoms with Crippen LogP contribution in [-0.2, 0) is 17.8 Å². The van der Waals surface area contributed by atoms with Crippen molar-refractivity contribution in [1.82, 2.24) is 4.90 Å². The highest BCUT2D eigenvalue weighted by Crippen LogP contribution is 2.10. The topological polar surface area (TPSA) is 46.3 Å². The van der Waals surface area contributed by atoms with Gasteiger partial charge in [0.25, 0.3) is 0 Å². The molecule has 2 rings (SSSR count). The standard InChI is InChI=1S/C17H20N2O/c1-13-6-8-14(9-7-13)12-19(2)17(20)11-15-4-3-5-16(18)10-15/h3-10H,11-12,18H2,1-2H3. The second kappa shape index (κ2) is 6.24. The molecule has 3 heteroatoms. The Bertz CT molecular complexity index is 590. The van der Waals surface area contributed by atoms with Crippen molar-refractivity contribution < 1.29 is 4.79 Å². The first kappa shape index (κ1) is 14.1. The minimum absolute atomic E-state index is 0.0937. The lowest BCUT2D eigenvalue weighted by Crippen LogP contribution is -2.27. The minimum atomic E-state index is 0.0937. The van der Waals surface area contributed by atoms with Crippen LogP contribution in [0.5, 0.6) is 0 Å². The third kappa shape index (κ3) is 3.85. The highest BCUT2D eigenvalue weighted by molar-refractivity contribution is 5.78. The lowest BCUT2D eigenvalue weighted by Gasteiger charge is -2.17. The Morgan fingerprint density at radius 1 is 1.10 bits per heavy atom. The van der Waals surface area contributed by atoms with E-state index in [-0.39, 0.29) is 5.91 Å².